The average molecular weight is 374 g/mol. The molecular formula is C18H22N4O5. The van der Waals surface area contributed by atoms with E-state index in [-0.39, 0.29) is 37.1 Å². The molecule has 1 aromatic carbocycles. The molecule has 0 aliphatic carbocycles. The van der Waals surface area contributed by atoms with Crippen LogP contribution in [0.3, 0.4) is 0 Å². The zero-order valence-electron chi connectivity index (χ0n) is 15.1. The number of carbonyl (C=O) groups is 3. The van der Waals surface area contributed by atoms with Crippen LogP contribution in [-0.2, 0) is 20.9 Å². The number of benzene rings is 1. The number of rotatable bonds is 5. The number of aliphatic carboxylic acids is 1. The lowest BCUT2D eigenvalue weighted by Gasteiger charge is -2.32. The molecule has 0 bridgehead atoms. The van der Waals surface area contributed by atoms with Gasteiger partial charge in [0.25, 0.3) is 0 Å². The highest BCUT2D eigenvalue weighted by Crippen LogP contribution is 2.17. The molecule has 9 heteroatoms. The molecule has 1 atom stereocenters. The molecule has 2 amide bonds. The van der Waals surface area contributed by atoms with E-state index in [0.717, 1.165) is 0 Å². The molecule has 3 rings (SSSR count). The van der Waals surface area contributed by atoms with Gasteiger partial charge >= 0.3 is 11.7 Å². The topological polar surface area (TPSA) is 116 Å². The van der Waals surface area contributed by atoms with Gasteiger partial charge in [-0.15, -0.1) is 0 Å². The minimum absolute atomic E-state index is 0.151. The van der Waals surface area contributed by atoms with Crippen LogP contribution in [-0.4, -0.2) is 68.9 Å². The first kappa shape index (κ1) is 18.7. The van der Waals surface area contributed by atoms with Gasteiger partial charge in [-0.2, -0.15) is 0 Å². The number of piperidine rings is 1. The van der Waals surface area contributed by atoms with Crippen LogP contribution in [0.1, 0.15) is 12.8 Å². The third-order valence-corrected chi connectivity index (χ3v) is 4.90. The number of amides is 2. The summed E-state index contributed by atoms with van der Waals surface area (Å²) in [4.78, 5) is 53.6. The van der Waals surface area contributed by atoms with Crippen LogP contribution in [0, 0.1) is 5.92 Å². The maximum atomic E-state index is 12.5. The Kier molecular flexibility index (Phi) is 5.29. The Labute approximate surface area is 155 Å². The van der Waals surface area contributed by atoms with Crippen molar-refractivity contribution in [3.8, 4) is 0 Å². The fourth-order valence-electron chi connectivity index (χ4n) is 3.32. The molecule has 0 spiro atoms. The zero-order chi connectivity index (χ0) is 19.6. The SMILES string of the molecule is CN(CC(=O)N1CCCC(C(=O)O)C1)C(=O)Cn1c(=O)[nH]c2ccccc21. The highest BCUT2D eigenvalue weighted by atomic mass is 16.4. The number of hydrogen-bond donors (Lipinski definition) is 2. The number of nitrogens with one attached hydrogen (secondary N) is 1. The number of carboxylic acids is 1. The van der Waals surface area contributed by atoms with Gasteiger partial charge < -0.3 is 19.9 Å². The third-order valence-electron chi connectivity index (χ3n) is 4.90. The van der Waals surface area contributed by atoms with Gasteiger partial charge in [-0.05, 0) is 25.0 Å². The first-order chi connectivity index (χ1) is 12.9. The number of carboxylic acid groups (broad SMARTS) is 1. The molecule has 1 fully saturated rings. The van der Waals surface area contributed by atoms with E-state index in [1.165, 1.54) is 21.4 Å². The molecule has 1 unspecified atom stereocenters. The number of likely N-dealkylation sites (N-methyl/N-ethyl adjacent to an activating group) is 1. The van der Waals surface area contributed by atoms with Crippen LogP contribution < -0.4 is 5.69 Å². The molecule has 1 aliphatic heterocycles. The second-order valence-corrected chi connectivity index (χ2v) is 6.80. The van der Waals surface area contributed by atoms with Crippen molar-refractivity contribution >= 4 is 28.8 Å². The van der Waals surface area contributed by atoms with Gasteiger partial charge in [-0.3, -0.25) is 19.0 Å². The molecule has 1 aliphatic rings. The Morgan fingerprint density at radius 1 is 1.30 bits per heavy atom. The van der Waals surface area contributed by atoms with Crippen molar-refractivity contribution in [3.05, 3.63) is 34.7 Å². The number of imidazole rings is 1. The lowest BCUT2D eigenvalue weighted by atomic mass is 9.98. The van der Waals surface area contributed by atoms with Crippen molar-refractivity contribution in [3.63, 3.8) is 0 Å². The smallest absolute Gasteiger partial charge is 0.326 e. The van der Waals surface area contributed by atoms with Crippen LogP contribution in [0.2, 0.25) is 0 Å². The number of likely N-dealkylation sites (tertiary alicyclic amines) is 1. The summed E-state index contributed by atoms with van der Waals surface area (Å²) in [5, 5.41) is 9.13. The summed E-state index contributed by atoms with van der Waals surface area (Å²) < 4.78 is 1.33. The number of hydrogen-bond acceptors (Lipinski definition) is 4. The normalized spacial score (nSPS) is 17.1. The van der Waals surface area contributed by atoms with Gasteiger partial charge in [0.2, 0.25) is 11.8 Å². The minimum Gasteiger partial charge on any atom is -0.481 e. The first-order valence-electron chi connectivity index (χ1n) is 8.79. The number of aromatic amines is 1. The molecule has 1 aromatic heterocycles. The van der Waals surface area contributed by atoms with Crippen molar-refractivity contribution in [1.29, 1.82) is 0 Å². The number of nitrogens with zero attached hydrogens (tertiary/aromatic N) is 3. The zero-order valence-corrected chi connectivity index (χ0v) is 15.1. The molecule has 2 aromatic rings. The monoisotopic (exact) mass is 374 g/mol. The molecule has 144 valence electrons. The number of para-hydroxylation sites is 2. The summed E-state index contributed by atoms with van der Waals surface area (Å²) >= 11 is 0. The van der Waals surface area contributed by atoms with E-state index in [9.17, 15) is 19.2 Å². The summed E-state index contributed by atoms with van der Waals surface area (Å²) in [5.74, 6) is -2.13. The molecule has 27 heavy (non-hydrogen) atoms. The molecule has 0 radical (unpaired) electrons. The Balaban J connectivity index is 1.63. The van der Waals surface area contributed by atoms with Crippen molar-refractivity contribution in [2.45, 2.75) is 19.4 Å². The van der Waals surface area contributed by atoms with Crippen molar-refractivity contribution in [2.24, 2.45) is 5.92 Å². The summed E-state index contributed by atoms with van der Waals surface area (Å²) in [6.45, 7) is 0.331. The second kappa shape index (κ2) is 7.65. The summed E-state index contributed by atoms with van der Waals surface area (Å²) in [6.07, 6.45) is 1.18. The fraction of sp³-hybridized carbons (Fsp3) is 0.444. The van der Waals surface area contributed by atoms with Crippen molar-refractivity contribution < 1.29 is 19.5 Å². The summed E-state index contributed by atoms with van der Waals surface area (Å²) in [6, 6.07) is 7.06. The van der Waals surface area contributed by atoms with Crippen LogP contribution in [0.25, 0.3) is 11.0 Å². The number of fused-ring (bicyclic) bond motifs is 1. The third kappa shape index (κ3) is 4.02. The van der Waals surface area contributed by atoms with Crippen molar-refractivity contribution in [2.75, 3.05) is 26.7 Å². The summed E-state index contributed by atoms with van der Waals surface area (Å²) in [5.41, 5.74) is 0.877. The quantitative estimate of drug-likeness (QED) is 0.771. The van der Waals surface area contributed by atoms with E-state index in [2.05, 4.69) is 4.98 Å². The Morgan fingerprint density at radius 3 is 2.78 bits per heavy atom. The highest BCUT2D eigenvalue weighted by molar-refractivity contribution is 5.86. The van der Waals surface area contributed by atoms with Crippen molar-refractivity contribution in [1.82, 2.24) is 19.4 Å². The maximum absolute atomic E-state index is 12.5. The Morgan fingerprint density at radius 2 is 2.04 bits per heavy atom. The largest absolute Gasteiger partial charge is 0.481 e. The van der Waals surface area contributed by atoms with Gasteiger partial charge in [-0.25, -0.2) is 4.79 Å². The number of carbonyl (C=O) groups excluding carboxylic acids is 2. The van der Waals surface area contributed by atoms with Crippen LogP contribution in [0.4, 0.5) is 0 Å². The second-order valence-electron chi connectivity index (χ2n) is 6.80. The molecule has 0 saturated carbocycles. The van der Waals surface area contributed by atoms with Crippen LogP contribution in [0.15, 0.2) is 29.1 Å². The van der Waals surface area contributed by atoms with Gasteiger partial charge in [0.15, 0.2) is 0 Å². The lowest BCUT2D eigenvalue weighted by Crippen LogP contribution is -2.47. The summed E-state index contributed by atoms with van der Waals surface area (Å²) in [7, 11) is 1.50. The van der Waals surface area contributed by atoms with Gasteiger partial charge in [0, 0.05) is 20.1 Å². The first-order valence-corrected chi connectivity index (χ1v) is 8.79. The predicted octanol–water partition coefficient (Wildman–Crippen LogP) is 0.111. The van der Waals surface area contributed by atoms with E-state index in [1.807, 2.05) is 0 Å². The molecule has 1 saturated heterocycles. The van der Waals surface area contributed by atoms with Gasteiger partial charge in [0.1, 0.15) is 6.54 Å². The van der Waals surface area contributed by atoms with E-state index >= 15 is 0 Å². The van der Waals surface area contributed by atoms with Gasteiger partial charge in [0.05, 0.1) is 23.5 Å². The van der Waals surface area contributed by atoms with E-state index in [4.69, 9.17) is 5.11 Å². The molecular weight excluding hydrogens is 352 g/mol. The molecule has 9 nitrogen and oxygen atoms in total. The van der Waals surface area contributed by atoms with E-state index < -0.39 is 11.9 Å². The molecule has 2 N–H and O–H groups in total. The Bertz CT molecular complexity index is 931. The predicted molar refractivity (Wildman–Crippen MR) is 97.1 cm³/mol. The number of aromatic nitrogens is 2. The minimum atomic E-state index is -0.907. The van der Waals surface area contributed by atoms with Crippen LogP contribution in [0.5, 0.6) is 0 Å². The van der Waals surface area contributed by atoms with Crippen LogP contribution >= 0.6 is 0 Å². The average Bonchev–Trinajstić information content (AvgIpc) is 2.97. The maximum Gasteiger partial charge on any atom is 0.326 e. The number of H-pyrrole nitrogens is 1. The van der Waals surface area contributed by atoms with Gasteiger partial charge in [-0.1, -0.05) is 12.1 Å². The Hall–Kier alpha value is -3.10. The van der Waals surface area contributed by atoms with E-state index in [1.54, 1.807) is 24.3 Å². The van der Waals surface area contributed by atoms with E-state index in [0.29, 0.717) is 30.4 Å². The fourth-order valence-corrected chi connectivity index (χ4v) is 3.32. The molecule has 2 heterocycles. The highest BCUT2D eigenvalue weighted by Gasteiger charge is 2.29. The standard InChI is InChI=1S/C18H22N4O5/c1-20(10-16(24)21-8-4-5-12(9-21)17(25)26)15(23)11-22-14-7-3-2-6-13(14)19-18(22)27/h2-3,6-7,12H,4-5,8-11H2,1H3,(H,19,27)(H,25,26). The lowest BCUT2D eigenvalue weighted by molar-refractivity contribution is -0.147.